The maximum Gasteiger partial charge on any atom is 0.276 e. The molecule has 1 aliphatic heterocycles. The predicted octanol–water partition coefficient (Wildman–Crippen LogP) is 3.58. The first-order valence-electron chi connectivity index (χ1n) is 6.36. The highest BCUT2D eigenvalue weighted by molar-refractivity contribution is 7.98. The number of nitrogens with one attached hydrogen (secondary N) is 1. The standard InChI is InChI=1S/C13H13ClFN3OS/c14-9-3-1-4-10(15)8(9)7-20-13-18-17-12(19-13)11-5-2-6-16-11/h1,3-4,11,16H,2,5-7H2. The summed E-state index contributed by atoms with van der Waals surface area (Å²) in [7, 11) is 0. The molecule has 4 nitrogen and oxygen atoms in total. The van der Waals surface area contributed by atoms with Crippen LogP contribution >= 0.6 is 23.4 Å². The van der Waals surface area contributed by atoms with E-state index >= 15 is 0 Å². The smallest absolute Gasteiger partial charge is 0.276 e. The fourth-order valence-corrected chi connectivity index (χ4v) is 3.23. The van der Waals surface area contributed by atoms with Crippen molar-refractivity contribution in [2.24, 2.45) is 0 Å². The van der Waals surface area contributed by atoms with Gasteiger partial charge in [-0.1, -0.05) is 29.4 Å². The van der Waals surface area contributed by atoms with Gasteiger partial charge in [0.25, 0.3) is 5.22 Å². The molecule has 1 saturated heterocycles. The Kier molecular flexibility index (Phi) is 4.24. The van der Waals surface area contributed by atoms with Crippen molar-refractivity contribution in [3.63, 3.8) is 0 Å². The van der Waals surface area contributed by atoms with E-state index in [0.29, 0.717) is 27.5 Å². The highest BCUT2D eigenvalue weighted by Gasteiger charge is 2.22. The van der Waals surface area contributed by atoms with Gasteiger partial charge in [-0.3, -0.25) is 0 Å². The van der Waals surface area contributed by atoms with E-state index in [1.54, 1.807) is 12.1 Å². The minimum absolute atomic E-state index is 0.147. The van der Waals surface area contributed by atoms with E-state index < -0.39 is 0 Å². The largest absolute Gasteiger partial charge is 0.414 e. The molecule has 1 unspecified atom stereocenters. The molecule has 0 bridgehead atoms. The Morgan fingerprint density at radius 2 is 2.35 bits per heavy atom. The summed E-state index contributed by atoms with van der Waals surface area (Å²) in [5.74, 6) is 0.650. The molecule has 0 aliphatic carbocycles. The average molecular weight is 314 g/mol. The lowest BCUT2D eigenvalue weighted by Crippen LogP contribution is -2.12. The van der Waals surface area contributed by atoms with Crippen molar-refractivity contribution >= 4 is 23.4 Å². The van der Waals surface area contributed by atoms with Crippen molar-refractivity contribution in [2.75, 3.05) is 6.54 Å². The third kappa shape index (κ3) is 2.97. The Hall–Kier alpha value is -1.11. The van der Waals surface area contributed by atoms with Crippen molar-refractivity contribution in [2.45, 2.75) is 29.9 Å². The summed E-state index contributed by atoms with van der Waals surface area (Å²) in [5.41, 5.74) is 0.456. The first-order chi connectivity index (χ1) is 9.74. The van der Waals surface area contributed by atoms with Crippen LogP contribution in [-0.4, -0.2) is 16.7 Å². The van der Waals surface area contributed by atoms with Gasteiger partial charge in [-0.25, -0.2) is 4.39 Å². The lowest BCUT2D eigenvalue weighted by molar-refractivity contribution is 0.374. The number of rotatable bonds is 4. The van der Waals surface area contributed by atoms with Gasteiger partial charge < -0.3 is 9.73 Å². The summed E-state index contributed by atoms with van der Waals surface area (Å²) < 4.78 is 19.2. The van der Waals surface area contributed by atoms with E-state index in [1.165, 1.54) is 17.8 Å². The van der Waals surface area contributed by atoms with Gasteiger partial charge in [-0.2, -0.15) is 0 Å². The summed E-state index contributed by atoms with van der Waals surface area (Å²) in [5, 5.41) is 12.1. The number of hydrogen-bond donors (Lipinski definition) is 1. The van der Waals surface area contributed by atoms with Gasteiger partial charge in [0.05, 0.1) is 6.04 Å². The second kappa shape index (κ2) is 6.11. The molecule has 1 aromatic heterocycles. The fraction of sp³-hybridized carbons (Fsp3) is 0.385. The van der Waals surface area contributed by atoms with Crippen LogP contribution < -0.4 is 5.32 Å². The van der Waals surface area contributed by atoms with Crippen molar-refractivity contribution in [3.05, 3.63) is 40.5 Å². The number of aromatic nitrogens is 2. The minimum atomic E-state index is -0.317. The Bertz CT molecular complexity index is 581. The van der Waals surface area contributed by atoms with E-state index in [1.807, 2.05) is 0 Å². The van der Waals surface area contributed by atoms with Gasteiger partial charge in [-0.15, -0.1) is 10.2 Å². The average Bonchev–Trinajstić information content (AvgIpc) is 3.09. The summed E-state index contributed by atoms with van der Waals surface area (Å²) in [6, 6.07) is 4.79. The third-order valence-corrected chi connectivity index (χ3v) is 4.38. The lowest BCUT2D eigenvalue weighted by Gasteiger charge is -2.04. The molecule has 1 aromatic carbocycles. The van der Waals surface area contributed by atoms with Crippen molar-refractivity contribution in [1.82, 2.24) is 15.5 Å². The maximum atomic E-state index is 13.6. The van der Waals surface area contributed by atoms with E-state index in [-0.39, 0.29) is 11.9 Å². The summed E-state index contributed by atoms with van der Waals surface area (Å²) in [6.07, 6.45) is 2.12. The summed E-state index contributed by atoms with van der Waals surface area (Å²) in [6.45, 7) is 0.973. The number of hydrogen-bond acceptors (Lipinski definition) is 5. The van der Waals surface area contributed by atoms with Crippen molar-refractivity contribution in [3.8, 4) is 0 Å². The van der Waals surface area contributed by atoms with Crippen molar-refractivity contribution in [1.29, 1.82) is 0 Å². The number of nitrogens with zero attached hydrogens (tertiary/aromatic N) is 2. The van der Waals surface area contributed by atoms with Gasteiger partial charge in [0.1, 0.15) is 5.82 Å². The minimum Gasteiger partial charge on any atom is -0.414 e. The second-order valence-electron chi connectivity index (χ2n) is 4.54. The van der Waals surface area contributed by atoms with Crippen LogP contribution in [0.15, 0.2) is 27.8 Å². The molecule has 0 saturated carbocycles. The van der Waals surface area contributed by atoms with Crippen LogP contribution in [0.4, 0.5) is 4.39 Å². The topological polar surface area (TPSA) is 51.0 Å². The molecule has 0 radical (unpaired) electrons. The molecule has 20 heavy (non-hydrogen) atoms. The van der Waals surface area contributed by atoms with Gasteiger partial charge in [0, 0.05) is 16.3 Å². The Labute approximate surface area is 125 Å². The van der Waals surface area contributed by atoms with Gasteiger partial charge in [-0.05, 0) is 31.5 Å². The molecule has 3 rings (SSSR count). The molecule has 1 aliphatic rings. The van der Waals surface area contributed by atoms with Crippen LogP contribution in [0.3, 0.4) is 0 Å². The zero-order valence-corrected chi connectivity index (χ0v) is 12.2. The van der Waals surface area contributed by atoms with Gasteiger partial charge in [0.15, 0.2) is 0 Å². The molecule has 0 amide bonds. The summed E-state index contributed by atoms with van der Waals surface area (Å²) in [4.78, 5) is 0. The van der Waals surface area contributed by atoms with E-state index in [2.05, 4.69) is 15.5 Å². The molecule has 7 heteroatoms. The SMILES string of the molecule is Fc1cccc(Cl)c1CSc1nnc(C2CCCN2)o1. The highest BCUT2D eigenvalue weighted by atomic mass is 35.5. The molecular weight excluding hydrogens is 301 g/mol. The molecule has 2 heterocycles. The van der Waals surface area contributed by atoms with Crippen LogP contribution in [0.25, 0.3) is 0 Å². The normalized spacial score (nSPS) is 18.6. The van der Waals surface area contributed by atoms with Crippen LogP contribution in [0, 0.1) is 5.82 Å². The maximum absolute atomic E-state index is 13.6. The zero-order valence-electron chi connectivity index (χ0n) is 10.6. The second-order valence-corrected chi connectivity index (χ2v) is 5.88. The number of halogens is 2. The molecule has 1 fully saturated rings. The van der Waals surface area contributed by atoms with Crippen LogP contribution in [-0.2, 0) is 5.75 Å². The molecule has 106 valence electrons. The quantitative estimate of drug-likeness (QED) is 0.874. The number of benzene rings is 1. The Balaban J connectivity index is 1.66. The molecule has 1 atom stereocenters. The monoisotopic (exact) mass is 313 g/mol. The van der Waals surface area contributed by atoms with Crippen molar-refractivity contribution < 1.29 is 8.81 Å². The fourth-order valence-electron chi connectivity index (χ4n) is 2.12. The van der Waals surface area contributed by atoms with Gasteiger partial charge in [0.2, 0.25) is 5.89 Å². The first kappa shape index (κ1) is 13.9. The lowest BCUT2D eigenvalue weighted by atomic mass is 10.2. The molecular formula is C13H13ClFN3OS. The first-order valence-corrected chi connectivity index (χ1v) is 7.73. The van der Waals surface area contributed by atoms with Crippen LogP contribution in [0.5, 0.6) is 0 Å². The van der Waals surface area contributed by atoms with Crippen LogP contribution in [0.2, 0.25) is 5.02 Å². The van der Waals surface area contributed by atoms with E-state index in [9.17, 15) is 4.39 Å². The Morgan fingerprint density at radius 3 is 3.10 bits per heavy atom. The predicted molar refractivity (Wildman–Crippen MR) is 75.2 cm³/mol. The van der Waals surface area contributed by atoms with Gasteiger partial charge >= 0.3 is 0 Å². The third-order valence-electron chi connectivity index (χ3n) is 3.18. The Morgan fingerprint density at radius 1 is 1.45 bits per heavy atom. The van der Waals surface area contributed by atoms with Crippen LogP contribution in [0.1, 0.15) is 30.3 Å². The summed E-state index contributed by atoms with van der Waals surface area (Å²) >= 11 is 7.26. The molecule has 2 aromatic rings. The zero-order chi connectivity index (χ0) is 13.9. The highest BCUT2D eigenvalue weighted by Crippen LogP contribution is 2.29. The molecule has 0 spiro atoms. The van der Waals surface area contributed by atoms with E-state index in [4.69, 9.17) is 16.0 Å². The van der Waals surface area contributed by atoms with E-state index in [0.717, 1.165) is 19.4 Å². The number of thioether (sulfide) groups is 1. The molecule has 1 N–H and O–H groups in total.